The van der Waals surface area contributed by atoms with Crippen molar-refractivity contribution in [3.63, 3.8) is 0 Å². The Bertz CT molecular complexity index is 913. The van der Waals surface area contributed by atoms with Gasteiger partial charge in [0.25, 0.3) is 0 Å². The van der Waals surface area contributed by atoms with Crippen LogP contribution in [0.2, 0.25) is 0 Å². The molecule has 0 saturated carbocycles. The van der Waals surface area contributed by atoms with Crippen LogP contribution in [0.5, 0.6) is 0 Å². The molecule has 0 aliphatic heterocycles. The lowest BCUT2D eigenvalue weighted by atomic mass is 10.1. The van der Waals surface area contributed by atoms with Crippen molar-refractivity contribution in [3.8, 4) is 0 Å². The summed E-state index contributed by atoms with van der Waals surface area (Å²) in [6, 6.07) is 7.84. The van der Waals surface area contributed by atoms with E-state index in [1.54, 1.807) is 0 Å². The van der Waals surface area contributed by atoms with E-state index in [1.165, 1.54) is 6.92 Å². The fraction of sp³-hybridized carbons (Fsp3) is 0.278. The van der Waals surface area contributed by atoms with Crippen LogP contribution in [0.3, 0.4) is 0 Å². The van der Waals surface area contributed by atoms with Gasteiger partial charge in [0.15, 0.2) is 0 Å². The number of hydrogen-bond donors (Lipinski definition) is 2. The van der Waals surface area contributed by atoms with Crippen molar-refractivity contribution < 1.29 is 4.79 Å². The van der Waals surface area contributed by atoms with Gasteiger partial charge in [-0.2, -0.15) is 0 Å². The highest BCUT2D eigenvalue weighted by Gasteiger charge is 2.07. The molecule has 0 saturated heterocycles. The Labute approximate surface area is 140 Å². The Morgan fingerprint density at radius 2 is 1.96 bits per heavy atom. The van der Waals surface area contributed by atoms with E-state index in [2.05, 4.69) is 20.6 Å². The summed E-state index contributed by atoms with van der Waals surface area (Å²) in [7, 11) is 0. The minimum absolute atomic E-state index is 0.0814. The number of carbonyl (C=O) groups excluding carboxylic acids is 1. The molecule has 1 amide bonds. The second kappa shape index (κ2) is 6.31. The fourth-order valence-electron chi connectivity index (χ4n) is 2.68. The minimum atomic E-state index is -0.0814. The van der Waals surface area contributed by atoms with Crippen LogP contribution in [0.1, 0.15) is 29.6 Å². The third-order valence-electron chi connectivity index (χ3n) is 3.83. The van der Waals surface area contributed by atoms with Gasteiger partial charge in [-0.25, -0.2) is 9.97 Å². The number of carbonyl (C=O) groups is 1. The first-order valence-electron chi connectivity index (χ1n) is 7.87. The molecule has 3 aromatic rings. The molecule has 2 aromatic heterocycles. The van der Waals surface area contributed by atoms with Crippen molar-refractivity contribution in [3.05, 3.63) is 53.1 Å². The zero-order valence-corrected chi connectivity index (χ0v) is 14.3. The summed E-state index contributed by atoms with van der Waals surface area (Å²) >= 11 is 0. The number of nitrogens with zero attached hydrogens (tertiary/aromatic N) is 3. The first-order chi connectivity index (χ1) is 11.4. The smallest absolute Gasteiger partial charge is 0.234 e. The SMILES string of the molecule is CC(=O)Nc1ccc(C)c(NCc2cn3c(C)cc(C)nc3n2)c1. The van der Waals surface area contributed by atoms with E-state index in [4.69, 9.17) is 0 Å². The van der Waals surface area contributed by atoms with Crippen molar-refractivity contribution in [2.24, 2.45) is 0 Å². The molecule has 0 atom stereocenters. The summed E-state index contributed by atoms with van der Waals surface area (Å²) in [6.07, 6.45) is 2.00. The van der Waals surface area contributed by atoms with Crippen LogP contribution in [0, 0.1) is 20.8 Å². The Balaban J connectivity index is 1.80. The standard InChI is InChI=1S/C18H21N5O/c1-11-5-6-15(21-14(4)24)8-17(11)19-9-16-10-23-13(3)7-12(2)20-18(23)22-16/h5-8,10,19H,9H2,1-4H3,(H,21,24). The van der Waals surface area contributed by atoms with Gasteiger partial charge < -0.3 is 10.6 Å². The minimum Gasteiger partial charge on any atom is -0.379 e. The lowest BCUT2D eigenvalue weighted by Gasteiger charge is -2.11. The van der Waals surface area contributed by atoms with Crippen LogP contribution in [0.4, 0.5) is 11.4 Å². The van der Waals surface area contributed by atoms with Crippen molar-refractivity contribution in [1.29, 1.82) is 0 Å². The molecule has 0 bridgehead atoms. The van der Waals surface area contributed by atoms with Gasteiger partial charge in [-0.15, -0.1) is 0 Å². The number of hydrogen-bond acceptors (Lipinski definition) is 4. The average Bonchev–Trinajstić information content (AvgIpc) is 2.90. The van der Waals surface area contributed by atoms with E-state index >= 15 is 0 Å². The maximum absolute atomic E-state index is 11.2. The topological polar surface area (TPSA) is 71.3 Å². The molecule has 0 aliphatic rings. The molecule has 0 unspecified atom stereocenters. The summed E-state index contributed by atoms with van der Waals surface area (Å²) in [5, 5.41) is 6.18. The number of aryl methyl sites for hydroxylation is 3. The third kappa shape index (κ3) is 3.37. The second-order valence-electron chi connectivity index (χ2n) is 6.01. The van der Waals surface area contributed by atoms with E-state index in [1.807, 2.05) is 55.6 Å². The zero-order chi connectivity index (χ0) is 17.3. The number of anilines is 2. The van der Waals surface area contributed by atoms with Crippen LogP contribution in [-0.2, 0) is 11.3 Å². The molecule has 0 fully saturated rings. The number of benzene rings is 1. The predicted molar refractivity (Wildman–Crippen MR) is 95.3 cm³/mol. The van der Waals surface area contributed by atoms with Crippen molar-refractivity contribution >= 4 is 23.1 Å². The largest absolute Gasteiger partial charge is 0.379 e. The summed E-state index contributed by atoms with van der Waals surface area (Å²) in [5.74, 6) is 0.634. The van der Waals surface area contributed by atoms with Crippen LogP contribution in [0.25, 0.3) is 5.78 Å². The number of rotatable bonds is 4. The molecule has 124 valence electrons. The van der Waals surface area contributed by atoms with Gasteiger partial charge in [0, 0.05) is 35.9 Å². The number of amides is 1. The van der Waals surface area contributed by atoms with E-state index in [0.717, 1.165) is 34.0 Å². The molecular weight excluding hydrogens is 302 g/mol. The highest BCUT2D eigenvalue weighted by molar-refractivity contribution is 5.89. The van der Waals surface area contributed by atoms with Crippen LogP contribution in [0.15, 0.2) is 30.5 Å². The summed E-state index contributed by atoms with van der Waals surface area (Å²) in [4.78, 5) is 20.2. The molecule has 2 heterocycles. The predicted octanol–water partition coefficient (Wildman–Crippen LogP) is 3.23. The van der Waals surface area contributed by atoms with E-state index in [-0.39, 0.29) is 5.91 Å². The highest BCUT2D eigenvalue weighted by Crippen LogP contribution is 2.21. The molecule has 2 N–H and O–H groups in total. The zero-order valence-electron chi connectivity index (χ0n) is 14.3. The van der Waals surface area contributed by atoms with Crippen LogP contribution >= 0.6 is 0 Å². The summed E-state index contributed by atoms with van der Waals surface area (Å²) < 4.78 is 1.99. The van der Waals surface area contributed by atoms with Gasteiger partial charge in [-0.05, 0) is 44.5 Å². The number of imidazole rings is 1. The number of fused-ring (bicyclic) bond motifs is 1. The summed E-state index contributed by atoms with van der Waals surface area (Å²) in [5.41, 5.74) is 5.85. The monoisotopic (exact) mass is 323 g/mol. The first-order valence-corrected chi connectivity index (χ1v) is 7.87. The van der Waals surface area contributed by atoms with Gasteiger partial charge >= 0.3 is 0 Å². The van der Waals surface area contributed by atoms with Gasteiger partial charge in [-0.3, -0.25) is 9.20 Å². The maximum atomic E-state index is 11.2. The van der Waals surface area contributed by atoms with Gasteiger partial charge in [-0.1, -0.05) is 6.07 Å². The maximum Gasteiger partial charge on any atom is 0.234 e. The Morgan fingerprint density at radius 1 is 1.17 bits per heavy atom. The lowest BCUT2D eigenvalue weighted by Crippen LogP contribution is -2.07. The third-order valence-corrected chi connectivity index (χ3v) is 3.83. The van der Waals surface area contributed by atoms with Crippen molar-refractivity contribution in [2.45, 2.75) is 34.2 Å². The highest BCUT2D eigenvalue weighted by atomic mass is 16.1. The first kappa shape index (κ1) is 16.0. The molecular formula is C18H21N5O. The molecule has 0 aliphatic carbocycles. The molecule has 0 spiro atoms. The molecule has 3 rings (SSSR count). The Morgan fingerprint density at radius 3 is 2.71 bits per heavy atom. The fourth-order valence-corrected chi connectivity index (χ4v) is 2.68. The summed E-state index contributed by atoms with van der Waals surface area (Å²) in [6.45, 7) is 8.13. The molecule has 1 aromatic carbocycles. The van der Waals surface area contributed by atoms with E-state index in [0.29, 0.717) is 12.3 Å². The van der Waals surface area contributed by atoms with Gasteiger partial charge in [0.05, 0.1) is 12.2 Å². The number of nitrogens with one attached hydrogen (secondary N) is 2. The molecule has 6 nitrogen and oxygen atoms in total. The van der Waals surface area contributed by atoms with Crippen molar-refractivity contribution in [1.82, 2.24) is 14.4 Å². The van der Waals surface area contributed by atoms with E-state index in [9.17, 15) is 4.79 Å². The van der Waals surface area contributed by atoms with Gasteiger partial charge in [0.2, 0.25) is 11.7 Å². The quantitative estimate of drug-likeness (QED) is 0.773. The second-order valence-corrected chi connectivity index (χ2v) is 6.01. The molecule has 6 heteroatoms. The molecule has 24 heavy (non-hydrogen) atoms. The number of aromatic nitrogens is 3. The Hall–Kier alpha value is -2.89. The molecule has 0 radical (unpaired) electrons. The van der Waals surface area contributed by atoms with Crippen molar-refractivity contribution in [2.75, 3.05) is 10.6 Å². The van der Waals surface area contributed by atoms with E-state index < -0.39 is 0 Å². The lowest BCUT2D eigenvalue weighted by molar-refractivity contribution is -0.114. The van der Waals surface area contributed by atoms with Crippen LogP contribution in [-0.4, -0.2) is 20.3 Å². The normalized spacial score (nSPS) is 10.8. The average molecular weight is 323 g/mol. The Kier molecular flexibility index (Phi) is 4.20. The van der Waals surface area contributed by atoms with Gasteiger partial charge in [0.1, 0.15) is 0 Å². The van der Waals surface area contributed by atoms with Crippen LogP contribution < -0.4 is 10.6 Å².